The van der Waals surface area contributed by atoms with Gasteiger partial charge in [-0.05, 0) is 69.2 Å². The van der Waals surface area contributed by atoms with E-state index in [4.69, 9.17) is 9.47 Å². The molecule has 0 radical (unpaired) electrons. The maximum absolute atomic E-state index is 10.4. The Morgan fingerprint density at radius 1 is 1.28 bits per heavy atom. The molecule has 0 bridgehead atoms. The van der Waals surface area contributed by atoms with Gasteiger partial charge in [-0.1, -0.05) is 45.8 Å². The van der Waals surface area contributed by atoms with Crippen LogP contribution in [0.2, 0.25) is 0 Å². The SMILES string of the molecule is C/C(=C\COC1CCCCO1)CC/C=C(\C)C(O)c1ccc(Br)cc1. The fourth-order valence-electron chi connectivity index (χ4n) is 2.79. The average Bonchev–Trinajstić information content (AvgIpc) is 2.62. The zero-order chi connectivity index (χ0) is 18.1. The van der Waals surface area contributed by atoms with E-state index in [1.54, 1.807) is 0 Å². The van der Waals surface area contributed by atoms with Crippen LogP contribution in [0.3, 0.4) is 0 Å². The molecule has 2 unspecified atom stereocenters. The number of aliphatic hydroxyl groups is 1. The molecule has 138 valence electrons. The van der Waals surface area contributed by atoms with Crippen LogP contribution < -0.4 is 0 Å². The lowest BCUT2D eigenvalue weighted by molar-refractivity contribution is -0.155. The Hall–Kier alpha value is -0.940. The van der Waals surface area contributed by atoms with E-state index in [0.717, 1.165) is 47.9 Å². The molecule has 3 nitrogen and oxygen atoms in total. The van der Waals surface area contributed by atoms with Gasteiger partial charge in [-0.3, -0.25) is 0 Å². The highest BCUT2D eigenvalue weighted by Gasteiger charge is 2.13. The monoisotopic (exact) mass is 408 g/mol. The van der Waals surface area contributed by atoms with Crippen molar-refractivity contribution in [3.05, 3.63) is 57.6 Å². The van der Waals surface area contributed by atoms with E-state index in [9.17, 15) is 5.11 Å². The molecule has 25 heavy (non-hydrogen) atoms. The summed E-state index contributed by atoms with van der Waals surface area (Å²) in [6.45, 7) is 5.54. The number of aliphatic hydroxyl groups excluding tert-OH is 1. The van der Waals surface area contributed by atoms with Crippen molar-refractivity contribution in [2.75, 3.05) is 13.2 Å². The molecule has 0 saturated carbocycles. The van der Waals surface area contributed by atoms with Gasteiger partial charge < -0.3 is 14.6 Å². The zero-order valence-corrected chi connectivity index (χ0v) is 16.8. The number of allylic oxidation sites excluding steroid dienone is 2. The first kappa shape index (κ1) is 20.4. The minimum atomic E-state index is -0.538. The van der Waals surface area contributed by atoms with Crippen LogP contribution in [-0.4, -0.2) is 24.6 Å². The van der Waals surface area contributed by atoms with Crippen LogP contribution in [0, 0.1) is 0 Å². The van der Waals surface area contributed by atoms with E-state index in [2.05, 4.69) is 35.0 Å². The molecule has 1 fully saturated rings. The van der Waals surface area contributed by atoms with Crippen molar-refractivity contribution in [1.29, 1.82) is 0 Å². The number of hydrogen-bond acceptors (Lipinski definition) is 3. The Labute approximate surface area is 159 Å². The second kappa shape index (κ2) is 10.9. The van der Waals surface area contributed by atoms with Gasteiger partial charge in [-0.2, -0.15) is 0 Å². The number of rotatable bonds is 8. The van der Waals surface area contributed by atoms with E-state index >= 15 is 0 Å². The topological polar surface area (TPSA) is 38.7 Å². The van der Waals surface area contributed by atoms with Gasteiger partial charge in [0.15, 0.2) is 6.29 Å². The third kappa shape index (κ3) is 7.45. The molecule has 0 amide bonds. The van der Waals surface area contributed by atoms with Crippen molar-refractivity contribution >= 4 is 15.9 Å². The lowest BCUT2D eigenvalue weighted by Gasteiger charge is -2.22. The highest BCUT2D eigenvalue weighted by Crippen LogP contribution is 2.23. The number of halogens is 1. The van der Waals surface area contributed by atoms with Gasteiger partial charge >= 0.3 is 0 Å². The zero-order valence-electron chi connectivity index (χ0n) is 15.2. The average molecular weight is 409 g/mol. The quantitative estimate of drug-likeness (QED) is 0.560. The van der Waals surface area contributed by atoms with E-state index < -0.39 is 6.10 Å². The summed E-state index contributed by atoms with van der Waals surface area (Å²) in [6.07, 6.45) is 8.92. The van der Waals surface area contributed by atoms with Crippen molar-refractivity contribution in [2.24, 2.45) is 0 Å². The fourth-order valence-corrected chi connectivity index (χ4v) is 3.05. The van der Waals surface area contributed by atoms with Crippen LogP contribution in [0.5, 0.6) is 0 Å². The molecule has 2 atom stereocenters. The van der Waals surface area contributed by atoms with Crippen LogP contribution in [-0.2, 0) is 9.47 Å². The fraction of sp³-hybridized carbons (Fsp3) is 0.524. The second-order valence-corrected chi connectivity index (χ2v) is 7.54. The van der Waals surface area contributed by atoms with E-state index in [0.29, 0.717) is 6.61 Å². The van der Waals surface area contributed by atoms with Crippen LogP contribution >= 0.6 is 15.9 Å². The summed E-state index contributed by atoms with van der Waals surface area (Å²) in [6, 6.07) is 7.80. The van der Waals surface area contributed by atoms with Crippen LogP contribution in [0.1, 0.15) is 57.6 Å². The smallest absolute Gasteiger partial charge is 0.157 e. The molecular weight excluding hydrogens is 380 g/mol. The Bertz CT molecular complexity index is 571. The molecule has 1 heterocycles. The van der Waals surface area contributed by atoms with Crippen LogP contribution in [0.4, 0.5) is 0 Å². The number of ether oxygens (including phenoxy) is 2. The lowest BCUT2D eigenvalue weighted by atomic mass is 10.0. The van der Waals surface area contributed by atoms with E-state index in [1.165, 1.54) is 12.0 Å². The molecule has 0 aromatic heterocycles. The first-order chi connectivity index (χ1) is 12.1. The predicted octanol–water partition coefficient (Wildman–Crippen LogP) is 5.70. The van der Waals surface area contributed by atoms with E-state index in [-0.39, 0.29) is 6.29 Å². The Morgan fingerprint density at radius 2 is 2.04 bits per heavy atom. The second-order valence-electron chi connectivity index (χ2n) is 6.62. The maximum Gasteiger partial charge on any atom is 0.157 e. The van der Waals surface area contributed by atoms with E-state index in [1.807, 2.05) is 31.2 Å². The third-order valence-corrected chi connectivity index (χ3v) is 5.00. The van der Waals surface area contributed by atoms with Crippen molar-refractivity contribution in [3.8, 4) is 0 Å². The standard InChI is InChI=1S/C21H29BrO3/c1-16(13-15-25-20-8-3-4-14-24-20)6-5-7-17(2)21(23)18-9-11-19(22)12-10-18/h7,9-13,20-21,23H,3-6,8,14-15H2,1-2H3/b16-13+,17-7+. The molecule has 0 aliphatic carbocycles. The summed E-state index contributed by atoms with van der Waals surface area (Å²) < 4.78 is 12.3. The normalized spacial score (nSPS) is 20.6. The Balaban J connectivity index is 1.72. The lowest BCUT2D eigenvalue weighted by Crippen LogP contribution is -2.22. The van der Waals surface area contributed by atoms with Crippen molar-refractivity contribution < 1.29 is 14.6 Å². The highest BCUT2D eigenvalue weighted by molar-refractivity contribution is 9.10. The molecule has 1 aromatic carbocycles. The minimum Gasteiger partial charge on any atom is -0.384 e. The summed E-state index contributed by atoms with van der Waals surface area (Å²) in [7, 11) is 0. The van der Waals surface area contributed by atoms with Gasteiger partial charge in [0.25, 0.3) is 0 Å². The van der Waals surface area contributed by atoms with Crippen LogP contribution in [0.25, 0.3) is 0 Å². The molecule has 1 aliphatic heterocycles. The van der Waals surface area contributed by atoms with Gasteiger partial charge in [0.05, 0.1) is 12.7 Å². The summed E-state index contributed by atoms with van der Waals surface area (Å²) >= 11 is 3.41. The van der Waals surface area contributed by atoms with Gasteiger partial charge in [0, 0.05) is 11.1 Å². The summed E-state index contributed by atoms with van der Waals surface area (Å²) in [5, 5.41) is 10.4. The van der Waals surface area contributed by atoms with Crippen molar-refractivity contribution in [1.82, 2.24) is 0 Å². The van der Waals surface area contributed by atoms with Crippen molar-refractivity contribution in [3.63, 3.8) is 0 Å². The number of hydrogen-bond donors (Lipinski definition) is 1. The molecule has 2 rings (SSSR count). The highest BCUT2D eigenvalue weighted by atomic mass is 79.9. The molecule has 1 aliphatic rings. The molecule has 0 spiro atoms. The van der Waals surface area contributed by atoms with Crippen LogP contribution in [0.15, 0.2) is 52.0 Å². The first-order valence-electron chi connectivity index (χ1n) is 9.05. The molecular formula is C21H29BrO3. The maximum atomic E-state index is 10.4. The molecule has 1 aromatic rings. The molecule has 1 saturated heterocycles. The van der Waals surface area contributed by atoms with Gasteiger partial charge in [-0.25, -0.2) is 0 Å². The van der Waals surface area contributed by atoms with Crippen molar-refractivity contribution in [2.45, 2.75) is 58.3 Å². The summed E-state index contributed by atoms with van der Waals surface area (Å²) in [5.74, 6) is 0. The minimum absolute atomic E-state index is 0.0269. The summed E-state index contributed by atoms with van der Waals surface area (Å²) in [5.41, 5.74) is 3.21. The Kier molecular flexibility index (Phi) is 8.90. The Morgan fingerprint density at radius 3 is 2.72 bits per heavy atom. The predicted molar refractivity (Wildman–Crippen MR) is 105 cm³/mol. The largest absolute Gasteiger partial charge is 0.384 e. The first-order valence-corrected chi connectivity index (χ1v) is 9.84. The number of benzene rings is 1. The van der Waals surface area contributed by atoms with Gasteiger partial charge in [0.2, 0.25) is 0 Å². The third-order valence-electron chi connectivity index (χ3n) is 4.47. The molecule has 1 N–H and O–H groups in total. The van der Waals surface area contributed by atoms with Gasteiger partial charge in [-0.15, -0.1) is 0 Å². The molecule has 4 heteroatoms. The summed E-state index contributed by atoms with van der Waals surface area (Å²) in [4.78, 5) is 0. The van der Waals surface area contributed by atoms with Gasteiger partial charge in [0.1, 0.15) is 0 Å².